The van der Waals surface area contributed by atoms with Crippen molar-refractivity contribution in [3.8, 4) is 6.07 Å². The molecule has 0 spiro atoms. The molecule has 0 unspecified atom stereocenters. The van der Waals surface area contributed by atoms with Gasteiger partial charge in [-0.15, -0.1) is 0 Å². The zero-order valence-electron chi connectivity index (χ0n) is 8.06. The third-order valence-electron chi connectivity index (χ3n) is 1.38. The molecule has 0 aromatic carbocycles. The number of hydrogen-bond donors (Lipinski definition) is 0. The molecule has 0 radical (unpaired) electrons. The van der Waals surface area contributed by atoms with E-state index < -0.39 is 21.7 Å². The van der Waals surface area contributed by atoms with Crippen LogP contribution in [0.15, 0.2) is 0 Å². The Balaban J connectivity index is 4.29. The second-order valence-electron chi connectivity index (χ2n) is 2.48. The lowest BCUT2D eigenvalue weighted by Crippen LogP contribution is -2.34. The highest BCUT2D eigenvalue weighted by Gasteiger charge is 2.20. The summed E-state index contributed by atoms with van der Waals surface area (Å²) in [6.07, 6.45) is 0. The monoisotopic (exact) mass is 220 g/mol. The maximum absolute atomic E-state index is 11.2. The van der Waals surface area contributed by atoms with Crippen LogP contribution in [0, 0.1) is 11.3 Å². The van der Waals surface area contributed by atoms with Crippen LogP contribution < -0.4 is 0 Å². The van der Waals surface area contributed by atoms with Gasteiger partial charge in [-0.25, -0.2) is 8.42 Å². The Morgan fingerprint density at radius 1 is 1.57 bits per heavy atom. The van der Waals surface area contributed by atoms with Crippen molar-refractivity contribution in [2.45, 2.75) is 6.92 Å². The fourth-order valence-corrected chi connectivity index (χ4v) is 1.36. The Morgan fingerprint density at radius 2 is 2.14 bits per heavy atom. The standard InChI is InChI=1S/C7H12N2O4S/c1-3-13-7(10)6-9(2)14(11,12)5-4-8/h3,5-6H2,1-2H3. The molecule has 0 aromatic rings. The number of hydrogen-bond acceptors (Lipinski definition) is 5. The van der Waals surface area contributed by atoms with Crippen molar-refractivity contribution < 1.29 is 17.9 Å². The molecule has 0 aliphatic heterocycles. The number of carbonyl (C=O) groups is 1. The minimum Gasteiger partial charge on any atom is -0.465 e. The number of esters is 1. The third kappa shape index (κ3) is 4.20. The number of nitrogens with zero attached hydrogens (tertiary/aromatic N) is 2. The summed E-state index contributed by atoms with van der Waals surface area (Å²) in [5, 5.41) is 8.22. The molecule has 14 heavy (non-hydrogen) atoms. The van der Waals surface area contributed by atoms with Crippen LogP contribution in [0.2, 0.25) is 0 Å². The van der Waals surface area contributed by atoms with Gasteiger partial charge in [0.05, 0.1) is 12.7 Å². The zero-order valence-corrected chi connectivity index (χ0v) is 8.87. The van der Waals surface area contributed by atoms with Crippen LogP contribution in [0.25, 0.3) is 0 Å². The molecule has 0 rings (SSSR count). The molecule has 0 saturated heterocycles. The summed E-state index contributed by atoms with van der Waals surface area (Å²) >= 11 is 0. The van der Waals surface area contributed by atoms with E-state index in [0.29, 0.717) is 0 Å². The molecule has 0 atom stereocenters. The molecule has 6 nitrogen and oxygen atoms in total. The van der Waals surface area contributed by atoms with Gasteiger partial charge < -0.3 is 4.74 Å². The fraction of sp³-hybridized carbons (Fsp3) is 0.714. The van der Waals surface area contributed by atoms with Crippen molar-refractivity contribution in [3.05, 3.63) is 0 Å². The van der Waals surface area contributed by atoms with Crippen molar-refractivity contribution >= 4 is 16.0 Å². The van der Waals surface area contributed by atoms with E-state index in [0.717, 1.165) is 4.31 Å². The van der Waals surface area contributed by atoms with Crippen LogP contribution in [0.5, 0.6) is 0 Å². The fourth-order valence-electron chi connectivity index (χ4n) is 0.679. The van der Waals surface area contributed by atoms with Gasteiger partial charge >= 0.3 is 5.97 Å². The van der Waals surface area contributed by atoms with E-state index in [1.165, 1.54) is 13.1 Å². The minimum absolute atomic E-state index is 0.199. The SMILES string of the molecule is CCOC(=O)CN(C)S(=O)(=O)CC#N. The van der Waals surface area contributed by atoms with Crippen LogP contribution in [0.3, 0.4) is 0 Å². The molecule has 7 heteroatoms. The first-order valence-corrected chi connectivity index (χ1v) is 5.51. The molecule has 0 saturated carbocycles. The topological polar surface area (TPSA) is 87.5 Å². The van der Waals surface area contributed by atoms with Crippen LogP contribution in [-0.2, 0) is 19.6 Å². The number of ether oxygens (including phenoxy) is 1. The van der Waals surface area contributed by atoms with E-state index in [-0.39, 0.29) is 13.2 Å². The second-order valence-corrected chi connectivity index (χ2v) is 4.55. The molecule has 0 N–H and O–H groups in total. The Labute approximate surface area is 83.1 Å². The minimum atomic E-state index is -3.65. The van der Waals surface area contributed by atoms with E-state index in [2.05, 4.69) is 4.74 Å². The average Bonchev–Trinajstić information content (AvgIpc) is 2.04. The highest BCUT2D eigenvalue weighted by atomic mass is 32.2. The lowest BCUT2D eigenvalue weighted by Gasteiger charge is -2.13. The Kier molecular flexibility index (Phi) is 5.12. The molecule has 0 aliphatic rings. The van der Waals surface area contributed by atoms with Gasteiger partial charge in [-0.3, -0.25) is 4.79 Å². The first-order chi connectivity index (χ1) is 6.44. The van der Waals surface area contributed by atoms with E-state index in [1.807, 2.05) is 0 Å². The summed E-state index contributed by atoms with van der Waals surface area (Å²) in [6.45, 7) is 1.46. The first-order valence-electron chi connectivity index (χ1n) is 3.90. The molecule has 0 heterocycles. The van der Waals surface area contributed by atoms with Crippen LogP contribution in [0.1, 0.15) is 6.92 Å². The van der Waals surface area contributed by atoms with Gasteiger partial charge in [0, 0.05) is 7.05 Å². The third-order valence-corrected chi connectivity index (χ3v) is 2.95. The number of nitriles is 1. The van der Waals surface area contributed by atoms with Crippen LogP contribution in [0.4, 0.5) is 0 Å². The molecule has 0 bridgehead atoms. The van der Waals surface area contributed by atoms with E-state index in [4.69, 9.17) is 5.26 Å². The summed E-state index contributed by atoms with van der Waals surface area (Å²) in [6, 6.07) is 1.51. The summed E-state index contributed by atoms with van der Waals surface area (Å²) < 4.78 is 27.7. The average molecular weight is 220 g/mol. The van der Waals surface area contributed by atoms with Gasteiger partial charge in [0.15, 0.2) is 5.75 Å². The summed E-state index contributed by atoms with van der Waals surface area (Å²) in [5.41, 5.74) is 0. The molecular formula is C7H12N2O4S. The Bertz CT molecular complexity index is 330. The summed E-state index contributed by atoms with van der Waals surface area (Å²) in [4.78, 5) is 10.9. The van der Waals surface area contributed by atoms with Gasteiger partial charge in [0.25, 0.3) is 0 Å². The van der Waals surface area contributed by atoms with Crippen molar-refractivity contribution in [3.63, 3.8) is 0 Å². The second kappa shape index (κ2) is 5.57. The molecule has 80 valence electrons. The van der Waals surface area contributed by atoms with Gasteiger partial charge in [-0.1, -0.05) is 0 Å². The van der Waals surface area contributed by atoms with Gasteiger partial charge in [-0.05, 0) is 6.92 Å². The number of likely N-dealkylation sites (N-methyl/N-ethyl adjacent to an activating group) is 1. The molecule has 0 fully saturated rings. The van der Waals surface area contributed by atoms with Crippen molar-refractivity contribution in [2.24, 2.45) is 0 Å². The van der Waals surface area contributed by atoms with Crippen molar-refractivity contribution in [1.82, 2.24) is 4.31 Å². The van der Waals surface area contributed by atoms with Crippen LogP contribution >= 0.6 is 0 Å². The van der Waals surface area contributed by atoms with Crippen LogP contribution in [-0.4, -0.2) is 44.6 Å². The van der Waals surface area contributed by atoms with E-state index in [9.17, 15) is 13.2 Å². The normalized spacial score (nSPS) is 11.0. The predicted octanol–water partition coefficient (Wildman–Crippen LogP) is -0.665. The van der Waals surface area contributed by atoms with Gasteiger partial charge in [0.1, 0.15) is 6.54 Å². The van der Waals surface area contributed by atoms with Gasteiger partial charge in [-0.2, -0.15) is 9.57 Å². The van der Waals surface area contributed by atoms with Gasteiger partial charge in [0.2, 0.25) is 10.0 Å². The molecule has 0 aromatic heterocycles. The van der Waals surface area contributed by atoms with E-state index in [1.54, 1.807) is 6.92 Å². The lowest BCUT2D eigenvalue weighted by atomic mass is 10.6. The number of rotatable bonds is 5. The van der Waals surface area contributed by atoms with Crippen molar-refractivity contribution in [2.75, 3.05) is 26.0 Å². The lowest BCUT2D eigenvalue weighted by molar-refractivity contribution is -0.143. The Morgan fingerprint density at radius 3 is 2.57 bits per heavy atom. The van der Waals surface area contributed by atoms with Crippen molar-refractivity contribution in [1.29, 1.82) is 5.26 Å². The number of sulfonamides is 1. The zero-order chi connectivity index (χ0) is 11.2. The molecule has 0 amide bonds. The summed E-state index contributed by atoms with van der Waals surface area (Å²) in [7, 11) is -2.43. The molecular weight excluding hydrogens is 208 g/mol. The molecule has 0 aliphatic carbocycles. The Hall–Kier alpha value is -1.13. The predicted molar refractivity (Wildman–Crippen MR) is 48.7 cm³/mol. The maximum atomic E-state index is 11.2. The smallest absolute Gasteiger partial charge is 0.321 e. The first kappa shape index (κ1) is 12.9. The highest BCUT2D eigenvalue weighted by molar-refractivity contribution is 7.89. The maximum Gasteiger partial charge on any atom is 0.321 e. The summed E-state index contributed by atoms with van der Waals surface area (Å²) in [5.74, 6) is -1.26. The highest BCUT2D eigenvalue weighted by Crippen LogP contribution is 1.97. The number of carbonyl (C=O) groups excluding carboxylic acids is 1. The quantitative estimate of drug-likeness (QED) is 0.574. The van der Waals surface area contributed by atoms with E-state index >= 15 is 0 Å². The largest absolute Gasteiger partial charge is 0.465 e.